The minimum Gasteiger partial charge on any atom is -0.448 e. The lowest BCUT2D eigenvalue weighted by atomic mass is 9.99. The van der Waals surface area contributed by atoms with Gasteiger partial charge in [0, 0.05) is 13.1 Å². The van der Waals surface area contributed by atoms with E-state index in [2.05, 4.69) is 11.9 Å². The molecule has 0 atom stereocenters. The number of hydrogen-bond donors (Lipinski definition) is 0. The van der Waals surface area contributed by atoms with Crippen molar-refractivity contribution >= 4 is 5.91 Å². The number of likely N-dealkylation sites (tertiary alicyclic amines) is 1. The molecule has 4 heteroatoms. The highest BCUT2D eigenvalue weighted by Gasteiger charge is 2.21. The van der Waals surface area contributed by atoms with Gasteiger partial charge in [-0.05, 0) is 25.7 Å². The summed E-state index contributed by atoms with van der Waals surface area (Å²) in [5.41, 5.74) is 0.818. The number of carbonyl (C=O) groups excluding carboxylic acids is 1. The van der Waals surface area contributed by atoms with Crippen molar-refractivity contribution < 1.29 is 9.21 Å². The highest BCUT2D eigenvalue weighted by molar-refractivity contribution is 5.78. The molecule has 1 aliphatic rings. The molecule has 1 saturated heterocycles. The fraction of sp³-hybridized carbons (Fsp3) is 0.667. The normalized spacial score (nSPS) is 17.8. The van der Waals surface area contributed by atoms with Gasteiger partial charge in [0.05, 0.1) is 12.1 Å². The van der Waals surface area contributed by atoms with Crippen molar-refractivity contribution in [3.05, 3.63) is 17.8 Å². The number of hydrogen-bond acceptors (Lipinski definition) is 3. The Morgan fingerprint density at radius 1 is 1.56 bits per heavy atom. The first-order valence-electron chi connectivity index (χ1n) is 5.83. The zero-order chi connectivity index (χ0) is 11.5. The van der Waals surface area contributed by atoms with Gasteiger partial charge in [0.2, 0.25) is 5.91 Å². The van der Waals surface area contributed by atoms with E-state index in [0.29, 0.717) is 12.2 Å². The van der Waals surface area contributed by atoms with E-state index in [0.717, 1.165) is 37.5 Å². The van der Waals surface area contributed by atoms with Gasteiger partial charge >= 0.3 is 0 Å². The Balaban J connectivity index is 1.91. The molecule has 1 aromatic rings. The van der Waals surface area contributed by atoms with Crippen molar-refractivity contribution in [1.29, 1.82) is 0 Å². The van der Waals surface area contributed by atoms with Crippen LogP contribution in [0.4, 0.5) is 0 Å². The van der Waals surface area contributed by atoms with Crippen LogP contribution in [-0.4, -0.2) is 28.9 Å². The molecule has 0 saturated carbocycles. The summed E-state index contributed by atoms with van der Waals surface area (Å²) in [6, 6.07) is 0. The summed E-state index contributed by atoms with van der Waals surface area (Å²) >= 11 is 0. The fourth-order valence-electron chi connectivity index (χ4n) is 2.00. The van der Waals surface area contributed by atoms with Crippen LogP contribution in [-0.2, 0) is 11.2 Å². The van der Waals surface area contributed by atoms with E-state index >= 15 is 0 Å². The van der Waals surface area contributed by atoms with Gasteiger partial charge in [0.25, 0.3) is 0 Å². The second-order valence-electron chi connectivity index (χ2n) is 4.60. The van der Waals surface area contributed by atoms with Gasteiger partial charge in [-0.3, -0.25) is 4.79 Å². The zero-order valence-electron chi connectivity index (χ0n) is 9.90. The predicted molar refractivity (Wildman–Crippen MR) is 59.9 cm³/mol. The van der Waals surface area contributed by atoms with Crippen molar-refractivity contribution in [2.75, 3.05) is 13.1 Å². The lowest BCUT2D eigenvalue weighted by Crippen LogP contribution is -2.38. The summed E-state index contributed by atoms with van der Waals surface area (Å²) in [5, 5.41) is 0. The number of amides is 1. The van der Waals surface area contributed by atoms with E-state index in [1.807, 2.05) is 11.8 Å². The summed E-state index contributed by atoms with van der Waals surface area (Å²) in [6.45, 7) is 5.87. The first kappa shape index (κ1) is 11.2. The minimum atomic E-state index is 0.159. The largest absolute Gasteiger partial charge is 0.448 e. The molecule has 0 bridgehead atoms. The molecule has 1 fully saturated rings. The van der Waals surface area contributed by atoms with Gasteiger partial charge in [0.1, 0.15) is 5.76 Å². The van der Waals surface area contributed by atoms with Crippen molar-refractivity contribution in [2.45, 2.75) is 33.1 Å². The van der Waals surface area contributed by atoms with Crippen LogP contribution < -0.4 is 0 Å². The number of carbonyl (C=O) groups is 1. The third-order valence-electron chi connectivity index (χ3n) is 3.29. The Hall–Kier alpha value is -1.32. The Bertz CT molecular complexity index is 365. The monoisotopic (exact) mass is 222 g/mol. The van der Waals surface area contributed by atoms with Crippen molar-refractivity contribution in [3.63, 3.8) is 0 Å². The highest BCUT2D eigenvalue weighted by atomic mass is 16.3. The molecule has 0 aromatic carbocycles. The Morgan fingerprint density at radius 2 is 2.25 bits per heavy atom. The number of oxazole rings is 1. The Morgan fingerprint density at radius 3 is 2.81 bits per heavy atom. The molecule has 0 N–H and O–H groups in total. The number of piperidine rings is 1. The van der Waals surface area contributed by atoms with E-state index in [1.165, 1.54) is 6.39 Å². The average Bonchev–Trinajstić information content (AvgIpc) is 2.65. The molecule has 2 rings (SSSR count). The van der Waals surface area contributed by atoms with Gasteiger partial charge in [-0.15, -0.1) is 0 Å². The number of rotatable bonds is 2. The molecule has 1 aliphatic heterocycles. The molecular weight excluding hydrogens is 204 g/mol. The molecule has 16 heavy (non-hydrogen) atoms. The Labute approximate surface area is 95.6 Å². The quantitative estimate of drug-likeness (QED) is 0.766. The molecule has 0 aliphatic carbocycles. The van der Waals surface area contributed by atoms with Crippen LogP contribution in [0, 0.1) is 12.8 Å². The van der Waals surface area contributed by atoms with Crippen molar-refractivity contribution in [3.8, 4) is 0 Å². The summed E-state index contributed by atoms with van der Waals surface area (Å²) in [6.07, 6.45) is 3.97. The summed E-state index contributed by atoms with van der Waals surface area (Å²) in [7, 11) is 0. The van der Waals surface area contributed by atoms with E-state index in [1.54, 1.807) is 0 Å². The highest BCUT2D eigenvalue weighted by Crippen LogP contribution is 2.17. The molecule has 0 unspecified atom stereocenters. The maximum absolute atomic E-state index is 12.0. The van der Waals surface area contributed by atoms with E-state index in [-0.39, 0.29) is 5.91 Å². The van der Waals surface area contributed by atoms with Crippen LogP contribution in [0.1, 0.15) is 31.2 Å². The molecule has 0 radical (unpaired) electrons. The van der Waals surface area contributed by atoms with Crippen LogP contribution in [0.15, 0.2) is 10.8 Å². The maximum Gasteiger partial charge on any atom is 0.230 e. The zero-order valence-corrected chi connectivity index (χ0v) is 9.90. The van der Waals surface area contributed by atoms with Crippen molar-refractivity contribution in [2.24, 2.45) is 5.92 Å². The number of nitrogens with zero attached hydrogens (tertiary/aromatic N) is 2. The smallest absolute Gasteiger partial charge is 0.230 e. The van der Waals surface area contributed by atoms with Gasteiger partial charge in [-0.1, -0.05) is 6.92 Å². The van der Waals surface area contributed by atoms with Crippen molar-refractivity contribution in [1.82, 2.24) is 9.88 Å². The number of aromatic nitrogens is 1. The van der Waals surface area contributed by atoms with Gasteiger partial charge in [-0.25, -0.2) is 4.98 Å². The molecule has 1 amide bonds. The van der Waals surface area contributed by atoms with Gasteiger partial charge < -0.3 is 9.32 Å². The maximum atomic E-state index is 12.0. The average molecular weight is 222 g/mol. The first-order chi connectivity index (χ1) is 7.66. The third-order valence-corrected chi connectivity index (χ3v) is 3.29. The SMILES string of the molecule is Cc1ncoc1CC(=O)N1CCC(C)CC1. The molecule has 88 valence electrons. The Kier molecular flexibility index (Phi) is 3.27. The van der Waals surface area contributed by atoms with E-state index < -0.39 is 0 Å². The topological polar surface area (TPSA) is 46.3 Å². The van der Waals surface area contributed by atoms with Crippen LogP contribution in [0.2, 0.25) is 0 Å². The lowest BCUT2D eigenvalue weighted by Gasteiger charge is -2.30. The van der Waals surface area contributed by atoms with Gasteiger partial charge in [0.15, 0.2) is 6.39 Å². The van der Waals surface area contributed by atoms with Crippen LogP contribution in [0.3, 0.4) is 0 Å². The fourth-order valence-corrected chi connectivity index (χ4v) is 2.00. The van der Waals surface area contributed by atoms with Crippen LogP contribution >= 0.6 is 0 Å². The van der Waals surface area contributed by atoms with Crippen LogP contribution in [0.25, 0.3) is 0 Å². The lowest BCUT2D eigenvalue weighted by molar-refractivity contribution is -0.132. The molecular formula is C12H18N2O2. The molecule has 4 nitrogen and oxygen atoms in total. The summed E-state index contributed by atoms with van der Waals surface area (Å²) in [5.74, 6) is 1.60. The minimum absolute atomic E-state index is 0.159. The second kappa shape index (κ2) is 4.68. The predicted octanol–water partition coefficient (Wildman–Crippen LogP) is 1.78. The molecule has 1 aromatic heterocycles. The van der Waals surface area contributed by atoms with E-state index in [4.69, 9.17) is 4.42 Å². The molecule has 0 spiro atoms. The summed E-state index contributed by atoms with van der Waals surface area (Å²) < 4.78 is 5.19. The van der Waals surface area contributed by atoms with Crippen LogP contribution in [0.5, 0.6) is 0 Å². The number of aryl methyl sites for hydroxylation is 1. The summed E-state index contributed by atoms with van der Waals surface area (Å²) in [4.78, 5) is 17.9. The first-order valence-corrected chi connectivity index (χ1v) is 5.83. The molecule has 2 heterocycles. The standard InChI is InChI=1S/C12H18N2O2/c1-9-3-5-14(6-4-9)12(15)7-11-10(2)13-8-16-11/h8-9H,3-7H2,1-2H3. The van der Waals surface area contributed by atoms with Gasteiger partial charge in [-0.2, -0.15) is 0 Å². The second-order valence-corrected chi connectivity index (χ2v) is 4.60. The third kappa shape index (κ3) is 2.43. The van der Waals surface area contributed by atoms with E-state index in [9.17, 15) is 4.79 Å².